The number of fused-ring (bicyclic) bond motifs is 1. The van der Waals surface area contributed by atoms with Crippen LogP contribution in [0.4, 0.5) is 0 Å². The van der Waals surface area contributed by atoms with Crippen LogP contribution in [0.2, 0.25) is 5.02 Å². The highest BCUT2D eigenvalue weighted by molar-refractivity contribution is 6.35. The number of halogens is 1. The van der Waals surface area contributed by atoms with Crippen molar-refractivity contribution in [3.8, 4) is 11.5 Å². The molecule has 4 rings (SSSR count). The Labute approximate surface area is 229 Å². The van der Waals surface area contributed by atoms with E-state index in [1.807, 2.05) is 36.1 Å². The number of aryl methyl sites for hydroxylation is 1. The van der Waals surface area contributed by atoms with E-state index in [2.05, 4.69) is 37.5 Å². The first-order chi connectivity index (χ1) is 18.2. The van der Waals surface area contributed by atoms with Gasteiger partial charge in [0.05, 0.1) is 54.8 Å². The van der Waals surface area contributed by atoms with Gasteiger partial charge < -0.3 is 18.9 Å². The Morgan fingerprint density at radius 3 is 2.50 bits per heavy atom. The van der Waals surface area contributed by atoms with Crippen molar-refractivity contribution in [2.75, 3.05) is 20.8 Å². The minimum Gasteiger partial charge on any atom is -0.493 e. The maximum atomic E-state index is 13.9. The maximum absolute atomic E-state index is 13.9. The Hall–Kier alpha value is -3.58. The molecule has 0 saturated heterocycles. The summed E-state index contributed by atoms with van der Waals surface area (Å²) in [5.41, 5.74) is 4.25. The number of hydrogen-bond acceptors (Lipinski definition) is 5. The predicted molar refractivity (Wildman–Crippen MR) is 151 cm³/mol. The van der Waals surface area contributed by atoms with Gasteiger partial charge in [0, 0.05) is 17.6 Å². The van der Waals surface area contributed by atoms with Crippen LogP contribution in [-0.2, 0) is 13.1 Å². The van der Waals surface area contributed by atoms with E-state index in [1.165, 1.54) is 7.11 Å². The normalized spacial score (nSPS) is 11.3. The van der Waals surface area contributed by atoms with Crippen molar-refractivity contribution in [3.05, 3.63) is 82.0 Å². The van der Waals surface area contributed by atoms with Gasteiger partial charge in [-0.05, 0) is 50.5 Å². The average Bonchev–Trinajstić information content (AvgIpc) is 3.17. The van der Waals surface area contributed by atoms with Crippen LogP contribution in [0.25, 0.3) is 10.9 Å². The molecule has 200 valence electrons. The highest BCUT2D eigenvalue weighted by Crippen LogP contribution is 2.38. The monoisotopic (exact) mass is 534 g/mol. The first kappa shape index (κ1) is 27.5. The van der Waals surface area contributed by atoms with Crippen LogP contribution in [-0.4, -0.2) is 46.1 Å². The summed E-state index contributed by atoms with van der Waals surface area (Å²) in [6.45, 7) is 9.82. The number of methoxy groups -OCH3 is 2. The fourth-order valence-electron chi connectivity index (χ4n) is 4.47. The van der Waals surface area contributed by atoms with Crippen molar-refractivity contribution in [2.45, 2.75) is 47.2 Å². The number of rotatable bonds is 10. The van der Waals surface area contributed by atoms with Gasteiger partial charge in [-0.25, -0.2) is 4.98 Å². The van der Waals surface area contributed by atoms with Gasteiger partial charge in [0.1, 0.15) is 5.82 Å². The largest absolute Gasteiger partial charge is 0.493 e. The van der Waals surface area contributed by atoms with Crippen molar-refractivity contribution in [1.82, 2.24) is 19.4 Å². The van der Waals surface area contributed by atoms with Gasteiger partial charge >= 0.3 is 0 Å². The molecule has 2 aromatic heterocycles. The van der Waals surface area contributed by atoms with Gasteiger partial charge in [0.25, 0.3) is 5.91 Å². The summed E-state index contributed by atoms with van der Waals surface area (Å²) in [6.07, 6.45) is 0.849. The Morgan fingerprint density at radius 1 is 1.03 bits per heavy atom. The van der Waals surface area contributed by atoms with Gasteiger partial charge in [0.2, 0.25) is 0 Å². The number of aromatic nitrogens is 3. The molecule has 1 amide bonds. The minimum absolute atomic E-state index is 0.176. The smallest absolute Gasteiger partial charge is 0.255 e. The van der Waals surface area contributed by atoms with Crippen LogP contribution >= 0.6 is 11.6 Å². The molecule has 0 saturated carbocycles. The first-order valence-electron chi connectivity index (χ1n) is 12.8. The van der Waals surface area contributed by atoms with E-state index in [0.29, 0.717) is 42.6 Å². The zero-order valence-electron chi connectivity index (χ0n) is 22.9. The average molecular weight is 535 g/mol. The zero-order chi connectivity index (χ0) is 27.4. The topological polar surface area (TPSA) is 69.5 Å². The van der Waals surface area contributed by atoms with Crippen molar-refractivity contribution >= 4 is 28.4 Å². The number of benzene rings is 2. The Morgan fingerprint density at radius 2 is 1.79 bits per heavy atom. The Kier molecular flexibility index (Phi) is 8.57. The molecule has 0 N–H and O–H groups in total. The fraction of sp³-hybridized carbons (Fsp3) is 0.367. The molecule has 0 spiro atoms. The van der Waals surface area contributed by atoms with Crippen LogP contribution in [0.1, 0.15) is 53.5 Å². The lowest BCUT2D eigenvalue weighted by Gasteiger charge is -2.25. The second-order valence-electron chi connectivity index (χ2n) is 9.85. The van der Waals surface area contributed by atoms with Gasteiger partial charge in [-0.2, -0.15) is 0 Å². The van der Waals surface area contributed by atoms with Crippen LogP contribution in [0.3, 0.4) is 0 Å². The third kappa shape index (κ3) is 5.78. The van der Waals surface area contributed by atoms with Crippen molar-refractivity contribution in [2.24, 2.45) is 5.92 Å². The number of carbonyl (C=O) groups is 1. The number of imidazole rings is 1. The number of carbonyl (C=O) groups excluding carboxylic acids is 1. The van der Waals surface area contributed by atoms with Gasteiger partial charge in [-0.3, -0.25) is 9.78 Å². The van der Waals surface area contributed by atoms with E-state index in [1.54, 1.807) is 19.2 Å². The molecule has 0 fully saturated rings. The lowest BCUT2D eigenvalue weighted by Crippen LogP contribution is -2.33. The molecule has 8 heteroatoms. The molecule has 2 aromatic carbocycles. The van der Waals surface area contributed by atoms with Crippen LogP contribution in [0.15, 0.2) is 48.5 Å². The summed E-state index contributed by atoms with van der Waals surface area (Å²) in [5, 5.41) is 1.34. The van der Waals surface area contributed by atoms with E-state index in [0.717, 1.165) is 40.2 Å². The number of hydrogen-bond donors (Lipinski definition) is 0. The summed E-state index contributed by atoms with van der Waals surface area (Å²) in [6, 6.07) is 15.6. The SMILES string of the molecule is COc1ccc(C(=O)N(CCC(C)C)Cc2nc(C)c(C)n2Cc2ccc3ccccc3n2)c(Cl)c1OC. The number of ether oxygens (including phenoxy) is 2. The van der Waals surface area contributed by atoms with E-state index in [4.69, 9.17) is 31.0 Å². The Balaban J connectivity index is 1.68. The van der Waals surface area contributed by atoms with Gasteiger partial charge in [-0.1, -0.05) is 49.7 Å². The molecule has 0 aliphatic heterocycles. The third-order valence-electron chi connectivity index (χ3n) is 6.82. The second-order valence-corrected chi connectivity index (χ2v) is 10.2. The number of para-hydroxylation sites is 1. The molecular weight excluding hydrogens is 500 g/mol. The molecule has 0 aliphatic rings. The van der Waals surface area contributed by atoms with Crippen LogP contribution < -0.4 is 9.47 Å². The lowest BCUT2D eigenvalue weighted by atomic mass is 10.1. The fourth-order valence-corrected chi connectivity index (χ4v) is 4.79. The van der Waals surface area contributed by atoms with E-state index >= 15 is 0 Å². The molecule has 4 aromatic rings. The molecule has 0 unspecified atom stereocenters. The summed E-state index contributed by atoms with van der Waals surface area (Å²) in [4.78, 5) is 25.4. The minimum atomic E-state index is -0.176. The standard InChI is InChI=1S/C30H35ClN4O3/c1-19(2)15-16-34(30(36)24-13-14-26(37-5)29(38-6)28(24)31)18-27-32-20(3)21(4)35(27)17-23-12-11-22-9-7-8-10-25(22)33-23/h7-14,19H,15-18H2,1-6H3. The molecular formula is C30H35ClN4O3. The number of pyridine rings is 1. The van der Waals surface area contributed by atoms with Crippen LogP contribution in [0, 0.1) is 19.8 Å². The zero-order valence-corrected chi connectivity index (χ0v) is 23.7. The highest BCUT2D eigenvalue weighted by atomic mass is 35.5. The maximum Gasteiger partial charge on any atom is 0.255 e. The molecule has 0 radical (unpaired) electrons. The molecule has 0 atom stereocenters. The first-order valence-corrected chi connectivity index (χ1v) is 13.2. The van der Waals surface area contributed by atoms with Gasteiger partial charge in [-0.15, -0.1) is 0 Å². The lowest BCUT2D eigenvalue weighted by molar-refractivity contribution is 0.0729. The number of amides is 1. The summed E-state index contributed by atoms with van der Waals surface area (Å²) in [7, 11) is 3.05. The molecule has 0 aliphatic carbocycles. The van der Waals surface area contributed by atoms with Crippen molar-refractivity contribution < 1.29 is 14.3 Å². The van der Waals surface area contributed by atoms with E-state index in [-0.39, 0.29) is 10.9 Å². The summed E-state index contributed by atoms with van der Waals surface area (Å²) >= 11 is 6.63. The third-order valence-corrected chi connectivity index (χ3v) is 7.20. The molecule has 38 heavy (non-hydrogen) atoms. The summed E-state index contributed by atoms with van der Waals surface area (Å²) < 4.78 is 12.9. The van der Waals surface area contributed by atoms with E-state index < -0.39 is 0 Å². The highest BCUT2D eigenvalue weighted by Gasteiger charge is 2.25. The van der Waals surface area contributed by atoms with E-state index in [9.17, 15) is 4.79 Å². The predicted octanol–water partition coefficient (Wildman–Crippen LogP) is 6.46. The van der Waals surface area contributed by atoms with Crippen molar-refractivity contribution in [1.29, 1.82) is 0 Å². The second kappa shape index (κ2) is 11.9. The molecule has 2 heterocycles. The molecule has 0 bridgehead atoms. The quantitative estimate of drug-likeness (QED) is 0.234. The Bertz CT molecular complexity index is 1450. The van der Waals surface area contributed by atoms with Crippen molar-refractivity contribution in [3.63, 3.8) is 0 Å². The van der Waals surface area contributed by atoms with Gasteiger partial charge in [0.15, 0.2) is 11.5 Å². The molecule has 7 nitrogen and oxygen atoms in total. The number of nitrogens with zero attached hydrogens (tertiary/aromatic N) is 4. The van der Waals surface area contributed by atoms with Crippen LogP contribution in [0.5, 0.6) is 11.5 Å². The summed E-state index contributed by atoms with van der Waals surface area (Å²) in [5.74, 6) is 1.89.